The van der Waals surface area contributed by atoms with Crippen LogP contribution in [-0.2, 0) is 5.75 Å². The van der Waals surface area contributed by atoms with E-state index in [-0.39, 0.29) is 5.56 Å². The summed E-state index contributed by atoms with van der Waals surface area (Å²) < 4.78 is 0. The van der Waals surface area contributed by atoms with E-state index in [1.165, 1.54) is 11.8 Å². The minimum absolute atomic E-state index is 0.287. The monoisotopic (exact) mass is 323 g/mol. The molecule has 0 saturated carbocycles. The lowest BCUT2D eigenvalue weighted by atomic mass is 10.1. The maximum atomic E-state index is 11.0. The van der Waals surface area contributed by atoms with Gasteiger partial charge in [-0.25, -0.2) is 14.8 Å². The van der Waals surface area contributed by atoms with Crippen molar-refractivity contribution >= 4 is 17.7 Å². The second kappa shape index (κ2) is 7.02. The minimum atomic E-state index is -0.923. The molecule has 1 N–H and O–H groups in total. The maximum absolute atomic E-state index is 11.0. The highest BCUT2D eigenvalue weighted by molar-refractivity contribution is 7.98. The molecule has 0 aliphatic heterocycles. The lowest BCUT2D eigenvalue weighted by Crippen LogP contribution is -1.97. The molecule has 0 radical (unpaired) electrons. The van der Waals surface area contributed by atoms with Gasteiger partial charge < -0.3 is 5.11 Å². The highest BCUT2D eigenvalue weighted by Gasteiger charge is 2.06. The SMILES string of the molecule is O=C(O)c1cccc(CSc2nccc(-c3ccncc3)n2)c1. The Hall–Kier alpha value is -2.73. The van der Waals surface area contributed by atoms with E-state index in [4.69, 9.17) is 5.11 Å². The highest BCUT2D eigenvalue weighted by Crippen LogP contribution is 2.22. The molecule has 0 amide bonds. The Balaban J connectivity index is 1.74. The standard InChI is InChI=1S/C17H13N3O2S/c21-16(22)14-3-1-2-12(10-14)11-23-17-19-9-6-15(20-17)13-4-7-18-8-5-13/h1-10H,11H2,(H,21,22). The summed E-state index contributed by atoms with van der Waals surface area (Å²) in [6.07, 6.45) is 5.17. The van der Waals surface area contributed by atoms with Gasteiger partial charge in [0, 0.05) is 29.9 Å². The summed E-state index contributed by atoms with van der Waals surface area (Å²) in [7, 11) is 0. The van der Waals surface area contributed by atoms with E-state index in [9.17, 15) is 4.79 Å². The van der Waals surface area contributed by atoms with Gasteiger partial charge in [-0.3, -0.25) is 4.98 Å². The van der Waals surface area contributed by atoms with Crippen molar-refractivity contribution in [1.29, 1.82) is 0 Å². The van der Waals surface area contributed by atoms with Crippen LogP contribution in [0.25, 0.3) is 11.3 Å². The second-order valence-corrected chi connectivity index (χ2v) is 5.70. The normalized spacial score (nSPS) is 10.4. The second-order valence-electron chi connectivity index (χ2n) is 4.75. The van der Waals surface area contributed by atoms with Gasteiger partial charge in [-0.15, -0.1) is 0 Å². The number of hydrogen-bond donors (Lipinski definition) is 1. The smallest absolute Gasteiger partial charge is 0.335 e. The summed E-state index contributed by atoms with van der Waals surface area (Å²) in [6, 6.07) is 12.5. The molecular formula is C17H13N3O2S. The zero-order valence-corrected chi connectivity index (χ0v) is 12.9. The zero-order chi connectivity index (χ0) is 16.1. The van der Waals surface area contributed by atoms with E-state index in [0.29, 0.717) is 10.9 Å². The third kappa shape index (κ3) is 3.92. The van der Waals surface area contributed by atoms with Gasteiger partial charge in [0.1, 0.15) is 0 Å². The van der Waals surface area contributed by atoms with Gasteiger partial charge in [0.2, 0.25) is 0 Å². The first-order valence-corrected chi connectivity index (χ1v) is 7.89. The van der Waals surface area contributed by atoms with E-state index < -0.39 is 5.97 Å². The van der Waals surface area contributed by atoms with Crippen LogP contribution < -0.4 is 0 Å². The predicted octanol–water partition coefficient (Wildman–Crippen LogP) is 3.53. The fourth-order valence-corrected chi connectivity index (χ4v) is 2.81. The van der Waals surface area contributed by atoms with E-state index in [1.54, 1.807) is 36.8 Å². The summed E-state index contributed by atoms with van der Waals surface area (Å²) in [5, 5.41) is 9.67. The van der Waals surface area contributed by atoms with Crippen LogP contribution in [0.3, 0.4) is 0 Å². The molecule has 0 saturated heterocycles. The highest BCUT2D eigenvalue weighted by atomic mass is 32.2. The Bertz CT molecular complexity index is 825. The number of carbonyl (C=O) groups is 1. The average molecular weight is 323 g/mol. The van der Waals surface area contributed by atoms with Gasteiger partial charge in [-0.1, -0.05) is 23.9 Å². The molecule has 0 spiro atoms. The molecule has 0 fully saturated rings. The van der Waals surface area contributed by atoms with Crippen LogP contribution in [0.5, 0.6) is 0 Å². The first-order valence-electron chi connectivity index (χ1n) is 6.91. The number of nitrogens with zero attached hydrogens (tertiary/aromatic N) is 3. The number of hydrogen-bond acceptors (Lipinski definition) is 5. The maximum Gasteiger partial charge on any atom is 0.335 e. The summed E-state index contributed by atoms with van der Waals surface area (Å²) >= 11 is 1.47. The van der Waals surface area contributed by atoms with Gasteiger partial charge in [-0.05, 0) is 35.9 Å². The Morgan fingerprint density at radius 1 is 1.09 bits per heavy atom. The number of pyridine rings is 1. The van der Waals surface area contributed by atoms with Crippen molar-refractivity contribution in [2.24, 2.45) is 0 Å². The van der Waals surface area contributed by atoms with Gasteiger partial charge in [0.25, 0.3) is 0 Å². The number of aromatic carboxylic acids is 1. The molecular weight excluding hydrogens is 310 g/mol. The Kier molecular flexibility index (Phi) is 4.63. The first-order chi connectivity index (χ1) is 11.2. The fourth-order valence-electron chi connectivity index (χ4n) is 2.04. The number of thioether (sulfide) groups is 1. The molecule has 3 rings (SSSR count). The zero-order valence-electron chi connectivity index (χ0n) is 12.1. The molecule has 0 aliphatic rings. The molecule has 2 heterocycles. The summed E-state index contributed by atoms with van der Waals surface area (Å²) in [4.78, 5) is 23.8. The van der Waals surface area contributed by atoms with Crippen LogP contribution in [-0.4, -0.2) is 26.0 Å². The van der Waals surface area contributed by atoms with E-state index in [1.807, 2.05) is 24.3 Å². The van der Waals surface area contributed by atoms with E-state index in [0.717, 1.165) is 16.8 Å². The van der Waals surface area contributed by atoms with Gasteiger partial charge in [0.15, 0.2) is 5.16 Å². The van der Waals surface area contributed by atoms with Crippen molar-refractivity contribution in [2.75, 3.05) is 0 Å². The van der Waals surface area contributed by atoms with Crippen LogP contribution in [0.15, 0.2) is 66.2 Å². The lowest BCUT2D eigenvalue weighted by molar-refractivity contribution is 0.0697. The van der Waals surface area contributed by atoms with Crippen molar-refractivity contribution in [3.05, 3.63) is 72.2 Å². The molecule has 0 atom stereocenters. The molecule has 0 aliphatic carbocycles. The number of carboxylic acid groups (broad SMARTS) is 1. The summed E-state index contributed by atoms with van der Waals surface area (Å²) in [5.74, 6) is -0.311. The molecule has 5 nitrogen and oxygen atoms in total. The van der Waals surface area contributed by atoms with E-state index in [2.05, 4.69) is 15.0 Å². The average Bonchev–Trinajstić information content (AvgIpc) is 2.61. The van der Waals surface area contributed by atoms with Gasteiger partial charge in [-0.2, -0.15) is 0 Å². The summed E-state index contributed by atoms with van der Waals surface area (Å²) in [5.41, 5.74) is 3.03. The van der Waals surface area contributed by atoms with Crippen molar-refractivity contribution in [2.45, 2.75) is 10.9 Å². The molecule has 1 aromatic carbocycles. The summed E-state index contributed by atoms with van der Waals surface area (Å²) in [6.45, 7) is 0. The van der Waals surface area contributed by atoms with Gasteiger partial charge in [0.05, 0.1) is 11.3 Å². The molecule has 3 aromatic rings. The van der Waals surface area contributed by atoms with Crippen molar-refractivity contribution in [3.63, 3.8) is 0 Å². The largest absolute Gasteiger partial charge is 0.478 e. The molecule has 0 bridgehead atoms. The van der Waals surface area contributed by atoms with Crippen LogP contribution in [0.4, 0.5) is 0 Å². The molecule has 0 unspecified atom stereocenters. The van der Waals surface area contributed by atoms with Crippen molar-refractivity contribution in [1.82, 2.24) is 15.0 Å². The molecule has 114 valence electrons. The minimum Gasteiger partial charge on any atom is -0.478 e. The van der Waals surface area contributed by atoms with Crippen molar-refractivity contribution < 1.29 is 9.90 Å². The van der Waals surface area contributed by atoms with Crippen LogP contribution in [0, 0.1) is 0 Å². The number of aromatic nitrogens is 3. The third-order valence-electron chi connectivity index (χ3n) is 3.15. The van der Waals surface area contributed by atoms with Crippen LogP contribution in [0.1, 0.15) is 15.9 Å². The van der Waals surface area contributed by atoms with Gasteiger partial charge >= 0.3 is 5.97 Å². The molecule has 23 heavy (non-hydrogen) atoms. The lowest BCUT2D eigenvalue weighted by Gasteiger charge is -2.04. The Morgan fingerprint density at radius 3 is 2.70 bits per heavy atom. The Labute approximate surface area is 137 Å². The first kappa shape index (κ1) is 15.2. The molecule has 2 aromatic heterocycles. The molecule has 6 heteroatoms. The van der Waals surface area contributed by atoms with Crippen LogP contribution in [0.2, 0.25) is 0 Å². The van der Waals surface area contributed by atoms with Crippen LogP contribution >= 0.6 is 11.8 Å². The Morgan fingerprint density at radius 2 is 1.91 bits per heavy atom. The van der Waals surface area contributed by atoms with Crippen molar-refractivity contribution in [3.8, 4) is 11.3 Å². The third-order valence-corrected chi connectivity index (χ3v) is 4.08. The predicted molar refractivity (Wildman–Crippen MR) is 88.2 cm³/mol. The number of benzene rings is 1. The number of rotatable bonds is 5. The quantitative estimate of drug-likeness (QED) is 0.572. The van der Waals surface area contributed by atoms with E-state index >= 15 is 0 Å². The fraction of sp³-hybridized carbons (Fsp3) is 0.0588. The number of carboxylic acids is 1. The topological polar surface area (TPSA) is 76.0 Å².